The molecule has 0 atom stereocenters. The highest BCUT2D eigenvalue weighted by molar-refractivity contribution is 7.17. The minimum Gasteiger partial charge on any atom is -0.321 e. The van der Waals surface area contributed by atoms with Crippen molar-refractivity contribution in [3.63, 3.8) is 0 Å². The fraction of sp³-hybridized carbons (Fsp3) is 0.0833. The molecule has 2 rings (SSSR count). The number of nitro groups is 2. The van der Waals surface area contributed by atoms with Crippen LogP contribution in [0.1, 0.15) is 15.2 Å². The maximum Gasteiger partial charge on any atom is 0.324 e. The first-order valence-electron chi connectivity index (χ1n) is 5.69. The standard InChI is InChI=1S/C12H9N3O5S/c1-7-2-3-8(14(17)18)6-9(7)13-12(16)10-4-5-11(21-10)15(19)20/h2-6H,1H3,(H,13,16). The van der Waals surface area contributed by atoms with Crippen LogP contribution in [0.15, 0.2) is 30.3 Å². The van der Waals surface area contributed by atoms with Crippen LogP contribution in [0.3, 0.4) is 0 Å². The Morgan fingerprint density at radius 1 is 1.14 bits per heavy atom. The van der Waals surface area contributed by atoms with E-state index in [4.69, 9.17) is 0 Å². The minimum absolute atomic E-state index is 0.143. The van der Waals surface area contributed by atoms with Crippen molar-refractivity contribution in [3.05, 3.63) is 61.0 Å². The van der Waals surface area contributed by atoms with Crippen LogP contribution in [-0.4, -0.2) is 15.8 Å². The molecular formula is C12H9N3O5S. The van der Waals surface area contributed by atoms with Gasteiger partial charge in [0, 0.05) is 18.2 Å². The highest BCUT2D eigenvalue weighted by Gasteiger charge is 2.17. The third-order valence-electron chi connectivity index (χ3n) is 2.68. The van der Waals surface area contributed by atoms with Crippen molar-refractivity contribution >= 4 is 33.6 Å². The van der Waals surface area contributed by atoms with Crippen LogP contribution in [-0.2, 0) is 0 Å². The van der Waals surface area contributed by atoms with Crippen molar-refractivity contribution in [2.24, 2.45) is 0 Å². The number of hydrogen-bond donors (Lipinski definition) is 1. The molecule has 0 saturated heterocycles. The summed E-state index contributed by atoms with van der Waals surface area (Å²) in [4.78, 5) is 32.3. The van der Waals surface area contributed by atoms with E-state index in [0.29, 0.717) is 11.3 Å². The number of non-ortho nitro benzene ring substituents is 1. The summed E-state index contributed by atoms with van der Waals surface area (Å²) in [6.07, 6.45) is 0. The van der Waals surface area contributed by atoms with Crippen molar-refractivity contribution in [3.8, 4) is 0 Å². The summed E-state index contributed by atoms with van der Waals surface area (Å²) in [6.45, 7) is 1.69. The van der Waals surface area contributed by atoms with E-state index in [1.807, 2.05) is 0 Å². The Balaban J connectivity index is 2.24. The van der Waals surface area contributed by atoms with E-state index in [2.05, 4.69) is 5.32 Å². The second-order valence-corrected chi connectivity index (χ2v) is 5.17. The van der Waals surface area contributed by atoms with Gasteiger partial charge in [0.25, 0.3) is 11.6 Å². The lowest BCUT2D eigenvalue weighted by atomic mass is 10.2. The second-order valence-electron chi connectivity index (χ2n) is 4.11. The lowest BCUT2D eigenvalue weighted by Gasteiger charge is -2.06. The molecule has 8 nitrogen and oxygen atoms in total. The third-order valence-corrected chi connectivity index (χ3v) is 3.71. The first kappa shape index (κ1) is 14.6. The average Bonchev–Trinajstić information content (AvgIpc) is 2.90. The number of aryl methyl sites for hydroxylation is 1. The number of carbonyl (C=O) groups excluding carboxylic acids is 1. The van der Waals surface area contributed by atoms with Gasteiger partial charge in [-0.2, -0.15) is 0 Å². The van der Waals surface area contributed by atoms with E-state index in [1.54, 1.807) is 6.92 Å². The van der Waals surface area contributed by atoms with Crippen LogP contribution in [0.2, 0.25) is 0 Å². The number of carbonyl (C=O) groups is 1. The molecule has 0 fully saturated rings. The van der Waals surface area contributed by atoms with Gasteiger partial charge in [0.2, 0.25) is 0 Å². The van der Waals surface area contributed by atoms with E-state index in [1.165, 1.54) is 30.3 Å². The van der Waals surface area contributed by atoms with Crippen molar-refractivity contribution in [1.29, 1.82) is 0 Å². The number of nitro benzene ring substituents is 1. The van der Waals surface area contributed by atoms with Gasteiger partial charge in [-0.3, -0.25) is 25.0 Å². The summed E-state index contributed by atoms with van der Waals surface area (Å²) in [5.41, 5.74) is 0.804. The monoisotopic (exact) mass is 307 g/mol. The number of thiophene rings is 1. The fourth-order valence-corrected chi connectivity index (χ4v) is 2.31. The highest BCUT2D eigenvalue weighted by atomic mass is 32.1. The molecule has 0 aliphatic rings. The van der Waals surface area contributed by atoms with E-state index in [0.717, 1.165) is 11.3 Å². The summed E-state index contributed by atoms with van der Waals surface area (Å²) in [7, 11) is 0. The van der Waals surface area contributed by atoms with Crippen LogP contribution in [0.5, 0.6) is 0 Å². The van der Waals surface area contributed by atoms with E-state index < -0.39 is 15.8 Å². The van der Waals surface area contributed by atoms with Gasteiger partial charge in [-0.25, -0.2) is 0 Å². The minimum atomic E-state index is -0.583. The summed E-state index contributed by atoms with van der Waals surface area (Å²) in [6, 6.07) is 6.67. The third kappa shape index (κ3) is 3.20. The largest absolute Gasteiger partial charge is 0.324 e. The molecule has 108 valence electrons. The Hall–Kier alpha value is -2.81. The predicted octanol–water partition coefficient (Wildman–Crippen LogP) is 3.13. The van der Waals surface area contributed by atoms with Crippen LogP contribution >= 0.6 is 11.3 Å². The van der Waals surface area contributed by atoms with Gasteiger partial charge in [0.05, 0.1) is 20.4 Å². The zero-order chi connectivity index (χ0) is 15.6. The molecule has 1 amide bonds. The van der Waals surface area contributed by atoms with Crippen LogP contribution in [0.4, 0.5) is 16.4 Å². The number of benzene rings is 1. The van der Waals surface area contributed by atoms with Crippen LogP contribution < -0.4 is 5.32 Å². The predicted molar refractivity (Wildman–Crippen MR) is 76.8 cm³/mol. The van der Waals surface area contributed by atoms with Crippen LogP contribution in [0, 0.1) is 27.2 Å². The molecule has 1 N–H and O–H groups in total. The summed E-state index contributed by atoms with van der Waals surface area (Å²) < 4.78 is 0. The first-order valence-corrected chi connectivity index (χ1v) is 6.51. The molecule has 1 aromatic heterocycles. The SMILES string of the molecule is Cc1ccc([N+](=O)[O-])cc1NC(=O)c1ccc([N+](=O)[O-])s1. The second kappa shape index (κ2) is 5.67. The van der Waals surface area contributed by atoms with Crippen molar-refractivity contribution in [2.75, 3.05) is 5.32 Å². The van der Waals surface area contributed by atoms with Crippen molar-refractivity contribution < 1.29 is 14.6 Å². The number of rotatable bonds is 4. The molecule has 0 saturated carbocycles. The Morgan fingerprint density at radius 3 is 2.43 bits per heavy atom. The molecule has 0 unspecified atom stereocenters. The topological polar surface area (TPSA) is 115 Å². The lowest BCUT2D eigenvalue weighted by Crippen LogP contribution is -2.11. The molecule has 1 aromatic carbocycles. The summed E-state index contributed by atoms with van der Waals surface area (Å²) in [5.74, 6) is -0.545. The fourth-order valence-electron chi connectivity index (χ4n) is 1.59. The number of nitrogens with one attached hydrogen (secondary N) is 1. The molecule has 9 heteroatoms. The van der Waals surface area contributed by atoms with Crippen LogP contribution in [0.25, 0.3) is 0 Å². The van der Waals surface area contributed by atoms with Gasteiger partial charge >= 0.3 is 5.00 Å². The summed E-state index contributed by atoms with van der Waals surface area (Å²) >= 11 is 0.740. The van der Waals surface area contributed by atoms with Gasteiger partial charge in [-0.05, 0) is 18.6 Å². The maximum atomic E-state index is 12.0. The molecule has 0 aliphatic heterocycles. The van der Waals surface area contributed by atoms with Gasteiger partial charge in [0.15, 0.2) is 0 Å². The Bertz CT molecular complexity index is 740. The highest BCUT2D eigenvalue weighted by Crippen LogP contribution is 2.26. The first-order chi connectivity index (χ1) is 9.88. The van der Waals surface area contributed by atoms with Gasteiger partial charge in [-0.1, -0.05) is 17.4 Å². The Labute approximate surface area is 122 Å². The normalized spacial score (nSPS) is 10.1. The van der Waals surface area contributed by atoms with E-state index in [9.17, 15) is 25.0 Å². The van der Waals surface area contributed by atoms with E-state index in [-0.39, 0.29) is 15.6 Å². The number of amides is 1. The average molecular weight is 307 g/mol. The molecule has 0 bridgehead atoms. The molecule has 0 spiro atoms. The smallest absolute Gasteiger partial charge is 0.321 e. The molecule has 1 heterocycles. The van der Waals surface area contributed by atoms with Crippen molar-refractivity contribution in [1.82, 2.24) is 0 Å². The number of anilines is 1. The van der Waals surface area contributed by atoms with Gasteiger partial charge < -0.3 is 5.32 Å². The zero-order valence-electron chi connectivity index (χ0n) is 10.7. The molecule has 0 radical (unpaired) electrons. The van der Waals surface area contributed by atoms with Gasteiger partial charge in [-0.15, -0.1) is 0 Å². The molecular weight excluding hydrogens is 298 g/mol. The Morgan fingerprint density at radius 2 is 1.86 bits per heavy atom. The number of hydrogen-bond acceptors (Lipinski definition) is 6. The maximum absolute atomic E-state index is 12.0. The van der Waals surface area contributed by atoms with E-state index >= 15 is 0 Å². The lowest BCUT2D eigenvalue weighted by molar-refractivity contribution is -0.384. The molecule has 2 aromatic rings. The molecule has 21 heavy (non-hydrogen) atoms. The molecule has 0 aliphatic carbocycles. The Kier molecular flexibility index (Phi) is 3.94. The van der Waals surface area contributed by atoms with Gasteiger partial charge in [0.1, 0.15) is 0 Å². The quantitative estimate of drug-likeness (QED) is 0.688. The zero-order valence-corrected chi connectivity index (χ0v) is 11.5. The summed E-state index contributed by atoms with van der Waals surface area (Å²) in [5, 5.41) is 23.7. The van der Waals surface area contributed by atoms with Crippen molar-refractivity contribution in [2.45, 2.75) is 6.92 Å². The number of nitrogens with zero attached hydrogens (tertiary/aromatic N) is 2.